The highest BCUT2D eigenvalue weighted by Crippen LogP contribution is 2.16. The van der Waals surface area contributed by atoms with Gasteiger partial charge in [-0.15, -0.1) is 0 Å². The van der Waals surface area contributed by atoms with Gasteiger partial charge in [-0.3, -0.25) is 0 Å². The number of halogens is 1. The van der Waals surface area contributed by atoms with Crippen LogP contribution in [0, 0.1) is 12.7 Å². The highest BCUT2D eigenvalue weighted by atomic mass is 32.1. The molecule has 1 nitrogen and oxygen atoms in total. The molecule has 0 aliphatic heterocycles. The average Bonchev–Trinajstić information content (AvgIpc) is 2.69. The van der Waals surface area contributed by atoms with Crippen LogP contribution in [0.5, 0.6) is 0 Å². The molecule has 0 radical (unpaired) electrons. The van der Waals surface area contributed by atoms with E-state index in [-0.39, 0.29) is 5.82 Å². The lowest BCUT2D eigenvalue weighted by atomic mass is 10.2. The van der Waals surface area contributed by atoms with Crippen LogP contribution in [0.2, 0.25) is 0 Å². The van der Waals surface area contributed by atoms with Gasteiger partial charge >= 0.3 is 0 Å². The number of hydrogen-bond donors (Lipinski definition) is 1. The molecule has 0 saturated heterocycles. The van der Waals surface area contributed by atoms with Crippen LogP contribution in [-0.2, 0) is 6.54 Å². The fraction of sp³-hybridized carbons (Fsp3) is 0.167. The Hall–Kier alpha value is -1.35. The summed E-state index contributed by atoms with van der Waals surface area (Å²) in [6.45, 7) is 2.55. The third-order valence-electron chi connectivity index (χ3n) is 2.19. The van der Waals surface area contributed by atoms with Gasteiger partial charge in [0.2, 0.25) is 0 Å². The lowest BCUT2D eigenvalue weighted by Gasteiger charge is -2.06. The first kappa shape index (κ1) is 10.2. The zero-order valence-corrected chi connectivity index (χ0v) is 9.27. The first-order chi connectivity index (χ1) is 7.25. The maximum Gasteiger partial charge on any atom is 0.146 e. The van der Waals surface area contributed by atoms with Crippen LogP contribution in [0.3, 0.4) is 0 Å². The molecule has 1 N–H and O–H groups in total. The molecule has 3 heteroatoms. The molecule has 0 spiro atoms. The van der Waals surface area contributed by atoms with Crippen molar-refractivity contribution in [2.24, 2.45) is 0 Å². The van der Waals surface area contributed by atoms with Crippen LogP contribution in [0.25, 0.3) is 0 Å². The number of aryl methyl sites for hydroxylation is 1. The minimum atomic E-state index is -0.190. The van der Waals surface area contributed by atoms with Gasteiger partial charge in [-0.1, -0.05) is 6.07 Å². The molecule has 2 rings (SSSR count). The van der Waals surface area contributed by atoms with Gasteiger partial charge < -0.3 is 5.32 Å². The minimum Gasteiger partial charge on any atom is -0.379 e. The lowest BCUT2D eigenvalue weighted by Crippen LogP contribution is -2.00. The maximum absolute atomic E-state index is 13.4. The zero-order valence-electron chi connectivity index (χ0n) is 8.46. The molecule has 0 bridgehead atoms. The minimum absolute atomic E-state index is 0.190. The van der Waals surface area contributed by atoms with Crippen LogP contribution in [0.4, 0.5) is 10.1 Å². The van der Waals surface area contributed by atoms with E-state index in [0.29, 0.717) is 12.2 Å². The first-order valence-corrected chi connectivity index (χ1v) is 5.71. The number of benzene rings is 1. The third-order valence-corrected chi connectivity index (χ3v) is 2.92. The topological polar surface area (TPSA) is 12.0 Å². The number of thiophene rings is 1. The summed E-state index contributed by atoms with van der Waals surface area (Å²) in [6.07, 6.45) is 0. The van der Waals surface area contributed by atoms with Crippen LogP contribution < -0.4 is 5.32 Å². The fourth-order valence-electron chi connectivity index (χ4n) is 1.35. The first-order valence-electron chi connectivity index (χ1n) is 4.77. The van der Waals surface area contributed by atoms with E-state index in [9.17, 15) is 4.39 Å². The molecule has 15 heavy (non-hydrogen) atoms. The maximum atomic E-state index is 13.4. The van der Waals surface area contributed by atoms with Crippen molar-refractivity contribution in [3.8, 4) is 0 Å². The van der Waals surface area contributed by atoms with Gasteiger partial charge in [-0.05, 0) is 47.0 Å². The molecule has 0 saturated carbocycles. The van der Waals surface area contributed by atoms with E-state index in [4.69, 9.17) is 0 Å². The molecule has 2 aromatic rings. The molecular weight excluding hydrogens is 209 g/mol. The second-order valence-electron chi connectivity index (χ2n) is 3.47. The number of anilines is 1. The number of nitrogens with one attached hydrogen (secondary N) is 1. The summed E-state index contributed by atoms with van der Waals surface area (Å²) >= 11 is 1.65. The summed E-state index contributed by atoms with van der Waals surface area (Å²) in [5, 5.41) is 7.15. The molecular formula is C12H12FNS. The number of hydrogen-bond acceptors (Lipinski definition) is 2. The Morgan fingerprint density at radius 3 is 2.87 bits per heavy atom. The molecule has 1 aromatic carbocycles. The molecule has 1 aromatic heterocycles. The van der Waals surface area contributed by atoms with E-state index in [1.165, 1.54) is 11.6 Å². The van der Waals surface area contributed by atoms with Crippen LogP contribution in [-0.4, -0.2) is 0 Å². The van der Waals surface area contributed by atoms with E-state index in [1.807, 2.05) is 24.4 Å². The highest BCUT2D eigenvalue weighted by molar-refractivity contribution is 7.07. The van der Waals surface area contributed by atoms with Crippen LogP contribution >= 0.6 is 11.3 Å². The SMILES string of the molecule is Cc1ccc(NCc2ccsc2)c(F)c1. The molecule has 1 heterocycles. The summed E-state index contributed by atoms with van der Waals surface area (Å²) in [5.41, 5.74) is 2.68. The van der Waals surface area contributed by atoms with Crippen molar-refractivity contribution in [1.29, 1.82) is 0 Å². The molecule has 0 aliphatic rings. The van der Waals surface area contributed by atoms with Crippen molar-refractivity contribution in [2.75, 3.05) is 5.32 Å². The van der Waals surface area contributed by atoms with Crippen LogP contribution in [0.1, 0.15) is 11.1 Å². The Labute approximate surface area is 92.6 Å². The normalized spacial score (nSPS) is 10.3. The summed E-state index contributed by atoms with van der Waals surface area (Å²) < 4.78 is 13.4. The van der Waals surface area contributed by atoms with Crippen molar-refractivity contribution < 1.29 is 4.39 Å². The zero-order chi connectivity index (χ0) is 10.7. The van der Waals surface area contributed by atoms with Gasteiger partial charge in [0.15, 0.2) is 0 Å². The van der Waals surface area contributed by atoms with Gasteiger partial charge in [-0.25, -0.2) is 4.39 Å². The van der Waals surface area contributed by atoms with E-state index < -0.39 is 0 Å². The summed E-state index contributed by atoms with van der Waals surface area (Å²) in [6, 6.07) is 7.25. The largest absolute Gasteiger partial charge is 0.379 e. The summed E-state index contributed by atoms with van der Waals surface area (Å²) in [7, 11) is 0. The molecule has 0 fully saturated rings. The van der Waals surface area contributed by atoms with Gasteiger partial charge in [0, 0.05) is 6.54 Å². The lowest BCUT2D eigenvalue weighted by molar-refractivity contribution is 0.629. The van der Waals surface area contributed by atoms with Crippen molar-refractivity contribution in [3.05, 3.63) is 52.0 Å². The quantitative estimate of drug-likeness (QED) is 0.831. The van der Waals surface area contributed by atoms with E-state index in [2.05, 4.69) is 10.7 Å². The van der Waals surface area contributed by atoms with Crippen molar-refractivity contribution in [1.82, 2.24) is 0 Å². The molecule has 0 atom stereocenters. The second kappa shape index (κ2) is 4.45. The van der Waals surface area contributed by atoms with Crippen LogP contribution in [0.15, 0.2) is 35.0 Å². The van der Waals surface area contributed by atoms with Crippen molar-refractivity contribution in [3.63, 3.8) is 0 Å². The standard InChI is InChI=1S/C12H12FNS/c1-9-2-3-12(11(13)6-9)14-7-10-4-5-15-8-10/h2-6,8,14H,7H2,1H3. The number of rotatable bonds is 3. The smallest absolute Gasteiger partial charge is 0.146 e. The third kappa shape index (κ3) is 2.57. The van der Waals surface area contributed by atoms with Gasteiger partial charge in [-0.2, -0.15) is 11.3 Å². The summed E-state index contributed by atoms with van der Waals surface area (Å²) in [4.78, 5) is 0. The fourth-order valence-corrected chi connectivity index (χ4v) is 2.02. The van der Waals surface area contributed by atoms with Crippen molar-refractivity contribution in [2.45, 2.75) is 13.5 Å². The Morgan fingerprint density at radius 1 is 1.33 bits per heavy atom. The van der Waals surface area contributed by atoms with E-state index in [1.54, 1.807) is 17.4 Å². The molecule has 78 valence electrons. The Morgan fingerprint density at radius 2 is 2.20 bits per heavy atom. The molecule has 0 aliphatic carbocycles. The predicted molar refractivity (Wildman–Crippen MR) is 62.8 cm³/mol. The van der Waals surface area contributed by atoms with E-state index in [0.717, 1.165) is 5.56 Å². The van der Waals surface area contributed by atoms with Gasteiger partial charge in [0.1, 0.15) is 5.82 Å². The summed E-state index contributed by atoms with van der Waals surface area (Å²) in [5.74, 6) is -0.190. The van der Waals surface area contributed by atoms with E-state index >= 15 is 0 Å². The predicted octanol–water partition coefficient (Wildman–Crippen LogP) is 3.81. The molecule has 0 amide bonds. The van der Waals surface area contributed by atoms with Crippen molar-refractivity contribution >= 4 is 17.0 Å². The van der Waals surface area contributed by atoms with Gasteiger partial charge in [0.25, 0.3) is 0 Å². The second-order valence-corrected chi connectivity index (χ2v) is 4.25. The Balaban J connectivity index is 2.05. The Kier molecular flexibility index (Phi) is 3.02. The average molecular weight is 221 g/mol. The highest BCUT2D eigenvalue weighted by Gasteiger charge is 2.01. The molecule has 0 unspecified atom stereocenters. The monoisotopic (exact) mass is 221 g/mol. The Bertz CT molecular complexity index is 437. The van der Waals surface area contributed by atoms with Gasteiger partial charge in [0.05, 0.1) is 5.69 Å².